The average Bonchev–Trinajstić information content (AvgIpc) is 3.33. The van der Waals surface area contributed by atoms with Crippen LogP contribution in [0, 0.1) is 0 Å². The van der Waals surface area contributed by atoms with E-state index in [0.717, 1.165) is 25.3 Å². The van der Waals surface area contributed by atoms with Crippen LogP contribution < -0.4 is 4.74 Å². The molecule has 3 aromatic rings. The minimum atomic E-state index is 0.759. The van der Waals surface area contributed by atoms with Crippen molar-refractivity contribution in [1.29, 1.82) is 0 Å². The Hall–Kier alpha value is -2.84. The summed E-state index contributed by atoms with van der Waals surface area (Å²) in [5.74, 6) is 0.953. The molecule has 0 aliphatic carbocycles. The van der Waals surface area contributed by atoms with Gasteiger partial charge < -0.3 is 4.74 Å². The zero-order valence-electron chi connectivity index (χ0n) is 17.9. The van der Waals surface area contributed by atoms with Crippen LogP contribution in [0.2, 0.25) is 0 Å². The largest absolute Gasteiger partial charge is 0.492 e. The summed E-state index contributed by atoms with van der Waals surface area (Å²) in [5, 5.41) is 0. The summed E-state index contributed by atoms with van der Waals surface area (Å²) in [6, 6.07) is 30.1. The first-order valence-corrected chi connectivity index (χ1v) is 11.1. The van der Waals surface area contributed by atoms with Gasteiger partial charge in [-0.1, -0.05) is 79.7 Å². The molecule has 1 aliphatic rings. The molecule has 3 aromatic carbocycles. The van der Waals surface area contributed by atoms with Gasteiger partial charge in [0.05, 0.1) is 0 Å². The van der Waals surface area contributed by atoms with E-state index in [9.17, 15) is 0 Å². The second-order valence-corrected chi connectivity index (χ2v) is 7.86. The standard InChI is InChI=1S/C28H31NO/c1-2-27(28(24-11-5-3-6-12-24)25-13-7-4-8-14-25)23-15-17-26(18-16-23)30-22-21-29-19-9-10-20-29/h3-8,11-18H,2,9-10,19-22H2,1H3. The Morgan fingerprint density at radius 1 is 0.733 bits per heavy atom. The minimum absolute atomic E-state index is 0.759. The van der Waals surface area contributed by atoms with Crippen molar-refractivity contribution in [2.24, 2.45) is 0 Å². The zero-order valence-corrected chi connectivity index (χ0v) is 17.9. The quantitative estimate of drug-likeness (QED) is 0.401. The van der Waals surface area contributed by atoms with Crippen molar-refractivity contribution in [2.75, 3.05) is 26.2 Å². The van der Waals surface area contributed by atoms with E-state index in [4.69, 9.17) is 4.74 Å². The fraction of sp³-hybridized carbons (Fsp3) is 0.286. The zero-order chi connectivity index (χ0) is 20.6. The smallest absolute Gasteiger partial charge is 0.119 e. The highest BCUT2D eigenvalue weighted by Crippen LogP contribution is 2.34. The van der Waals surface area contributed by atoms with E-state index in [1.165, 1.54) is 53.8 Å². The molecule has 0 N–H and O–H groups in total. The van der Waals surface area contributed by atoms with Crippen LogP contribution in [-0.2, 0) is 0 Å². The van der Waals surface area contributed by atoms with Crippen molar-refractivity contribution in [3.8, 4) is 5.75 Å². The van der Waals surface area contributed by atoms with Crippen molar-refractivity contribution < 1.29 is 4.74 Å². The van der Waals surface area contributed by atoms with Gasteiger partial charge in [0.25, 0.3) is 0 Å². The van der Waals surface area contributed by atoms with Gasteiger partial charge in [0.1, 0.15) is 12.4 Å². The van der Waals surface area contributed by atoms with Crippen LogP contribution in [0.15, 0.2) is 84.9 Å². The molecule has 0 spiro atoms. The molecular weight excluding hydrogens is 366 g/mol. The van der Waals surface area contributed by atoms with Crippen molar-refractivity contribution in [3.05, 3.63) is 102 Å². The Bertz CT molecular complexity index is 897. The molecule has 0 bridgehead atoms. The van der Waals surface area contributed by atoms with Crippen LogP contribution >= 0.6 is 0 Å². The molecule has 4 rings (SSSR count). The first kappa shape index (κ1) is 20.4. The summed E-state index contributed by atoms with van der Waals surface area (Å²) in [6.45, 7) is 6.45. The Labute approximate surface area is 180 Å². The molecule has 1 heterocycles. The van der Waals surface area contributed by atoms with E-state index in [0.29, 0.717) is 0 Å². The molecule has 0 amide bonds. The lowest BCUT2D eigenvalue weighted by Crippen LogP contribution is -2.25. The molecule has 1 saturated heterocycles. The highest BCUT2D eigenvalue weighted by Gasteiger charge is 2.13. The second kappa shape index (κ2) is 10.3. The Balaban J connectivity index is 1.59. The number of benzene rings is 3. The summed E-state index contributed by atoms with van der Waals surface area (Å²) in [5.41, 5.74) is 6.43. The number of hydrogen-bond acceptors (Lipinski definition) is 2. The molecule has 0 aromatic heterocycles. The first-order valence-electron chi connectivity index (χ1n) is 11.1. The molecule has 0 atom stereocenters. The summed E-state index contributed by atoms with van der Waals surface area (Å²) < 4.78 is 6.01. The summed E-state index contributed by atoms with van der Waals surface area (Å²) in [6.07, 6.45) is 3.62. The normalized spacial score (nSPS) is 13.9. The highest BCUT2D eigenvalue weighted by molar-refractivity contribution is 5.98. The third-order valence-electron chi connectivity index (χ3n) is 5.86. The molecule has 0 saturated carbocycles. The lowest BCUT2D eigenvalue weighted by atomic mass is 9.88. The van der Waals surface area contributed by atoms with Crippen LogP contribution in [0.1, 0.15) is 42.9 Å². The Morgan fingerprint density at radius 2 is 1.30 bits per heavy atom. The van der Waals surface area contributed by atoms with Gasteiger partial charge in [-0.3, -0.25) is 4.90 Å². The van der Waals surface area contributed by atoms with Gasteiger partial charge in [0.15, 0.2) is 0 Å². The van der Waals surface area contributed by atoms with Crippen LogP contribution in [0.4, 0.5) is 0 Å². The van der Waals surface area contributed by atoms with Crippen LogP contribution in [0.5, 0.6) is 5.75 Å². The van der Waals surface area contributed by atoms with Crippen molar-refractivity contribution in [1.82, 2.24) is 4.90 Å². The summed E-state index contributed by atoms with van der Waals surface area (Å²) in [7, 11) is 0. The molecule has 2 nitrogen and oxygen atoms in total. The molecule has 0 unspecified atom stereocenters. The van der Waals surface area contributed by atoms with Crippen LogP contribution in [0.3, 0.4) is 0 Å². The van der Waals surface area contributed by atoms with E-state index in [1.54, 1.807) is 0 Å². The van der Waals surface area contributed by atoms with Gasteiger partial charge >= 0.3 is 0 Å². The van der Waals surface area contributed by atoms with Crippen LogP contribution in [0.25, 0.3) is 11.1 Å². The third kappa shape index (κ3) is 5.01. The van der Waals surface area contributed by atoms with Gasteiger partial charge in [0.2, 0.25) is 0 Å². The number of ether oxygens (including phenoxy) is 1. The molecule has 154 valence electrons. The lowest BCUT2D eigenvalue weighted by Gasteiger charge is -2.17. The Kier molecular flexibility index (Phi) is 6.99. The molecule has 2 heteroatoms. The number of allylic oxidation sites excluding steroid dienone is 1. The topological polar surface area (TPSA) is 12.5 Å². The van der Waals surface area contributed by atoms with E-state index >= 15 is 0 Å². The molecular formula is C28H31NO. The summed E-state index contributed by atoms with van der Waals surface area (Å²) in [4.78, 5) is 2.48. The fourth-order valence-corrected chi connectivity index (χ4v) is 4.30. The van der Waals surface area contributed by atoms with Gasteiger partial charge in [-0.05, 0) is 72.3 Å². The predicted octanol–water partition coefficient (Wildman–Crippen LogP) is 6.53. The maximum Gasteiger partial charge on any atom is 0.119 e. The second-order valence-electron chi connectivity index (χ2n) is 7.86. The van der Waals surface area contributed by atoms with E-state index in [2.05, 4.69) is 96.8 Å². The van der Waals surface area contributed by atoms with Gasteiger partial charge in [-0.2, -0.15) is 0 Å². The van der Waals surface area contributed by atoms with Crippen molar-refractivity contribution >= 4 is 11.1 Å². The van der Waals surface area contributed by atoms with E-state index in [1.807, 2.05) is 0 Å². The van der Waals surface area contributed by atoms with Crippen molar-refractivity contribution in [3.63, 3.8) is 0 Å². The third-order valence-corrected chi connectivity index (χ3v) is 5.86. The SMILES string of the molecule is CCC(=C(c1ccccc1)c1ccccc1)c1ccc(OCCN2CCCC2)cc1. The van der Waals surface area contributed by atoms with Gasteiger partial charge in [0, 0.05) is 6.54 Å². The monoisotopic (exact) mass is 397 g/mol. The maximum atomic E-state index is 6.01. The van der Waals surface area contributed by atoms with E-state index in [-0.39, 0.29) is 0 Å². The number of hydrogen-bond donors (Lipinski definition) is 0. The number of nitrogens with zero attached hydrogens (tertiary/aromatic N) is 1. The number of likely N-dealkylation sites (tertiary alicyclic amines) is 1. The van der Waals surface area contributed by atoms with E-state index < -0.39 is 0 Å². The van der Waals surface area contributed by atoms with Crippen LogP contribution in [-0.4, -0.2) is 31.1 Å². The Morgan fingerprint density at radius 3 is 1.83 bits per heavy atom. The molecule has 1 aliphatic heterocycles. The average molecular weight is 398 g/mol. The fourth-order valence-electron chi connectivity index (χ4n) is 4.30. The maximum absolute atomic E-state index is 6.01. The highest BCUT2D eigenvalue weighted by atomic mass is 16.5. The molecule has 1 fully saturated rings. The van der Waals surface area contributed by atoms with Gasteiger partial charge in [-0.25, -0.2) is 0 Å². The number of rotatable bonds is 8. The molecule has 30 heavy (non-hydrogen) atoms. The summed E-state index contributed by atoms with van der Waals surface area (Å²) >= 11 is 0. The molecule has 0 radical (unpaired) electrons. The lowest BCUT2D eigenvalue weighted by molar-refractivity contribution is 0.238. The van der Waals surface area contributed by atoms with Gasteiger partial charge in [-0.15, -0.1) is 0 Å². The van der Waals surface area contributed by atoms with Crippen molar-refractivity contribution in [2.45, 2.75) is 26.2 Å². The predicted molar refractivity (Wildman–Crippen MR) is 127 cm³/mol. The first-order chi connectivity index (χ1) is 14.8. The minimum Gasteiger partial charge on any atom is -0.492 e.